The molecule has 2 aromatic carbocycles. The van der Waals surface area contributed by atoms with E-state index in [1.807, 2.05) is 32.9 Å². The summed E-state index contributed by atoms with van der Waals surface area (Å²) in [5.41, 5.74) is 9.92. The van der Waals surface area contributed by atoms with Crippen molar-refractivity contribution in [1.29, 1.82) is 0 Å². The van der Waals surface area contributed by atoms with Crippen molar-refractivity contribution < 1.29 is 19.1 Å². The molecule has 2 aromatic rings. The van der Waals surface area contributed by atoms with Crippen LogP contribution in [-0.4, -0.2) is 30.9 Å². The molecule has 1 heterocycles. The maximum absolute atomic E-state index is 12.3. The minimum atomic E-state index is -0.467. The number of benzene rings is 2. The molecule has 1 fully saturated rings. The van der Waals surface area contributed by atoms with E-state index < -0.39 is 11.8 Å². The smallest absolute Gasteiger partial charge is 0.262 e. The molecule has 1 aliphatic heterocycles. The van der Waals surface area contributed by atoms with Crippen molar-refractivity contribution in [2.24, 2.45) is 11.7 Å². The fourth-order valence-corrected chi connectivity index (χ4v) is 3.57. The van der Waals surface area contributed by atoms with Gasteiger partial charge in [0.2, 0.25) is 11.8 Å². The normalized spacial score (nSPS) is 16.0. The molecule has 7 nitrogen and oxygen atoms in total. The highest BCUT2D eigenvalue weighted by Crippen LogP contribution is 2.27. The SMILES string of the molecule is Cc1cc(C)c(NC(=O)COc2ccc(N3C[C@@H](C(N)=O)CC3=O)cc2)c(C)c1. The zero-order chi connectivity index (χ0) is 21.1. The number of rotatable bonds is 6. The molecule has 0 saturated carbocycles. The number of amides is 3. The molecule has 0 aliphatic carbocycles. The Kier molecular flexibility index (Phi) is 5.87. The van der Waals surface area contributed by atoms with Crippen LogP contribution in [0.4, 0.5) is 11.4 Å². The van der Waals surface area contributed by atoms with Crippen molar-refractivity contribution in [1.82, 2.24) is 0 Å². The molecule has 0 unspecified atom stereocenters. The van der Waals surface area contributed by atoms with Gasteiger partial charge in [-0.2, -0.15) is 0 Å². The van der Waals surface area contributed by atoms with Gasteiger partial charge in [0, 0.05) is 24.3 Å². The zero-order valence-corrected chi connectivity index (χ0v) is 16.8. The first-order chi connectivity index (χ1) is 13.7. The van der Waals surface area contributed by atoms with Crippen LogP contribution in [0.3, 0.4) is 0 Å². The third kappa shape index (κ3) is 4.74. The molecule has 0 aromatic heterocycles. The molecule has 1 aliphatic rings. The highest BCUT2D eigenvalue weighted by atomic mass is 16.5. The second-order valence-electron chi connectivity index (χ2n) is 7.41. The number of nitrogens with zero attached hydrogens (tertiary/aromatic N) is 1. The molecule has 1 saturated heterocycles. The van der Waals surface area contributed by atoms with Gasteiger partial charge in [-0.1, -0.05) is 17.7 Å². The lowest BCUT2D eigenvalue weighted by Gasteiger charge is -2.17. The first-order valence-corrected chi connectivity index (χ1v) is 9.45. The summed E-state index contributed by atoms with van der Waals surface area (Å²) < 4.78 is 5.56. The Morgan fingerprint density at radius 1 is 1.14 bits per heavy atom. The van der Waals surface area contributed by atoms with Gasteiger partial charge in [-0.25, -0.2) is 0 Å². The van der Waals surface area contributed by atoms with Crippen LogP contribution in [0.2, 0.25) is 0 Å². The third-order valence-corrected chi connectivity index (χ3v) is 4.99. The molecule has 3 rings (SSSR count). The van der Waals surface area contributed by atoms with Crippen LogP contribution >= 0.6 is 0 Å². The monoisotopic (exact) mass is 395 g/mol. The van der Waals surface area contributed by atoms with Crippen LogP contribution in [0.5, 0.6) is 5.75 Å². The predicted molar refractivity (Wildman–Crippen MR) is 111 cm³/mol. The molecule has 7 heteroatoms. The van der Waals surface area contributed by atoms with E-state index in [2.05, 4.69) is 5.32 Å². The molecule has 0 radical (unpaired) electrons. The molecule has 3 amide bonds. The van der Waals surface area contributed by atoms with Crippen LogP contribution in [0, 0.1) is 26.7 Å². The van der Waals surface area contributed by atoms with E-state index in [0.717, 1.165) is 22.4 Å². The minimum absolute atomic E-state index is 0.126. The number of carbonyl (C=O) groups is 3. The molecule has 1 atom stereocenters. The molecule has 0 bridgehead atoms. The number of aryl methyl sites for hydroxylation is 3. The third-order valence-electron chi connectivity index (χ3n) is 4.99. The lowest BCUT2D eigenvalue weighted by molar-refractivity contribution is -0.123. The maximum Gasteiger partial charge on any atom is 0.262 e. The highest BCUT2D eigenvalue weighted by molar-refractivity contribution is 6.00. The van der Waals surface area contributed by atoms with Crippen LogP contribution in [0.25, 0.3) is 0 Å². The van der Waals surface area contributed by atoms with Crippen molar-refractivity contribution >= 4 is 29.1 Å². The van der Waals surface area contributed by atoms with Gasteiger partial charge in [-0.05, 0) is 56.2 Å². The zero-order valence-electron chi connectivity index (χ0n) is 16.8. The number of primary amides is 1. The molecule has 152 valence electrons. The standard InChI is InChI=1S/C22H25N3O4/c1-13-8-14(2)21(15(3)9-13)24-19(26)12-29-18-6-4-17(5-7-18)25-11-16(22(23)28)10-20(25)27/h4-9,16H,10-12H2,1-3H3,(H2,23,28)(H,24,26)/t16-/m0/s1. The average molecular weight is 395 g/mol. The van der Waals surface area contributed by atoms with Crippen molar-refractivity contribution in [3.8, 4) is 5.75 Å². The molecular weight excluding hydrogens is 370 g/mol. The Bertz CT molecular complexity index is 930. The summed E-state index contributed by atoms with van der Waals surface area (Å²) in [5.74, 6) is -0.796. The van der Waals surface area contributed by atoms with Crippen molar-refractivity contribution in [2.45, 2.75) is 27.2 Å². The number of anilines is 2. The Hall–Kier alpha value is -3.35. The number of nitrogens with one attached hydrogen (secondary N) is 1. The van der Waals surface area contributed by atoms with Gasteiger partial charge >= 0.3 is 0 Å². The summed E-state index contributed by atoms with van der Waals surface area (Å²) in [6.07, 6.45) is 0.131. The predicted octanol–water partition coefficient (Wildman–Crippen LogP) is 2.47. The molecule has 29 heavy (non-hydrogen) atoms. The second-order valence-corrected chi connectivity index (χ2v) is 7.41. The largest absolute Gasteiger partial charge is 0.484 e. The molecular formula is C22H25N3O4. The van der Waals surface area contributed by atoms with Gasteiger partial charge in [0.15, 0.2) is 6.61 Å². The van der Waals surface area contributed by atoms with Gasteiger partial charge in [0.25, 0.3) is 5.91 Å². The van der Waals surface area contributed by atoms with Gasteiger partial charge in [-0.3, -0.25) is 14.4 Å². The Morgan fingerprint density at radius 3 is 2.31 bits per heavy atom. The fraction of sp³-hybridized carbons (Fsp3) is 0.318. The quantitative estimate of drug-likeness (QED) is 0.784. The van der Waals surface area contributed by atoms with Crippen LogP contribution < -0.4 is 20.7 Å². The highest BCUT2D eigenvalue weighted by Gasteiger charge is 2.33. The van der Waals surface area contributed by atoms with Crippen LogP contribution in [0.1, 0.15) is 23.1 Å². The van der Waals surface area contributed by atoms with Crippen molar-refractivity contribution in [3.63, 3.8) is 0 Å². The number of hydrogen-bond acceptors (Lipinski definition) is 4. The average Bonchev–Trinajstić information content (AvgIpc) is 3.05. The summed E-state index contributed by atoms with van der Waals surface area (Å²) in [6, 6.07) is 10.9. The topological polar surface area (TPSA) is 102 Å². The first kappa shape index (κ1) is 20.4. The maximum atomic E-state index is 12.3. The number of nitrogens with two attached hydrogens (primary N) is 1. The molecule has 0 spiro atoms. The summed E-state index contributed by atoms with van der Waals surface area (Å²) in [7, 11) is 0. The first-order valence-electron chi connectivity index (χ1n) is 9.45. The van der Waals surface area contributed by atoms with E-state index >= 15 is 0 Å². The van der Waals surface area contributed by atoms with E-state index in [1.165, 1.54) is 4.90 Å². The van der Waals surface area contributed by atoms with Crippen molar-refractivity contribution in [2.75, 3.05) is 23.4 Å². The summed E-state index contributed by atoms with van der Waals surface area (Å²) in [5, 5.41) is 2.89. The fourth-order valence-electron chi connectivity index (χ4n) is 3.57. The van der Waals surface area contributed by atoms with Gasteiger partial charge in [-0.15, -0.1) is 0 Å². The van der Waals surface area contributed by atoms with E-state index in [-0.39, 0.29) is 31.4 Å². The van der Waals surface area contributed by atoms with Crippen molar-refractivity contribution in [3.05, 3.63) is 53.1 Å². The Labute approximate surface area is 169 Å². The number of carbonyl (C=O) groups excluding carboxylic acids is 3. The van der Waals surface area contributed by atoms with Crippen LogP contribution in [-0.2, 0) is 14.4 Å². The minimum Gasteiger partial charge on any atom is -0.484 e. The van der Waals surface area contributed by atoms with Gasteiger partial charge < -0.3 is 20.7 Å². The Balaban J connectivity index is 1.57. The van der Waals surface area contributed by atoms with E-state index in [1.54, 1.807) is 24.3 Å². The van der Waals surface area contributed by atoms with E-state index in [4.69, 9.17) is 10.5 Å². The van der Waals surface area contributed by atoms with E-state index in [0.29, 0.717) is 11.4 Å². The van der Waals surface area contributed by atoms with E-state index in [9.17, 15) is 14.4 Å². The summed E-state index contributed by atoms with van der Waals surface area (Å²) in [6.45, 7) is 6.09. The Morgan fingerprint density at radius 2 is 1.76 bits per heavy atom. The summed E-state index contributed by atoms with van der Waals surface area (Å²) >= 11 is 0. The van der Waals surface area contributed by atoms with Gasteiger partial charge in [0.1, 0.15) is 5.75 Å². The van der Waals surface area contributed by atoms with Crippen LogP contribution in [0.15, 0.2) is 36.4 Å². The van der Waals surface area contributed by atoms with Gasteiger partial charge in [0.05, 0.1) is 5.92 Å². The number of ether oxygens (including phenoxy) is 1. The number of hydrogen-bond donors (Lipinski definition) is 2. The summed E-state index contributed by atoms with van der Waals surface area (Å²) in [4.78, 5) is 37.2. The molecule has 3 N–H and O–H groups in total. The second kappa shape index (κ2) is 8.34. The lowest BCUT2D eigenvalue weighted by Crippen LogP contribution is -2.28. The lowest BCUT2D eigenvalue weighted by atomic mass is 10.1.